The maximum atomic E-state index is 5.35. The van der Waals surface area contributed by atoms with E-state index in [0.29, 0.717) is 0 Å². The maximum Gasteiger partial charge on any atom is 0.147 e. The number of hydrogen-bond donors (Lipinski definition) is 1. The van der Waals surface area contributed by atoms with Crippen LogP contribution in [0.4, 0.5) is 11.5 Å². The Morgan fingerprint density at radius 1 is 1.29 bits per heavy atom. The summed E-state index contributed by atoms with van der Waals surface area (Å²) in [5.74, 6) is 1.83. The molecule has 4 nitrogen and oxygen atoms in total. The molecular weight excluding hydrogens is 214 g/mol. The number of nitrogens with one attached hydrogen (secondary N) is 1. The number of hydrogen-bond acceptors (Lipinski definition) is 4. The molecule has 1 aromatic heterocycles. The molecule has 1 rings (SSSR count). The first-order valence-corrected chi connectivity index (χ1v) is 6.23. The van der Waals surface area contributed by atoms with Gasteiger partial charge in [0, 0.05) is 26.2 Å². The van der Waals surface area contributed by atoms with E-state index in [4.69, 9.17) is 4.74 Å². The molecule has 0 aromatic carbocycles. The van der Waals surface area contributed by atoms with E-state index in [1.165, 1.54) is 0 Å². The summed E-state index contributed by atoms with van der Waals surface area (Å²) in [6.07, 6.45) is 4.07. The molecule has 1 N–H and O–H groups in total. The van der Waals surface area contributed by atoms with E-state index in [-0.39, 0.29) is 0 Å². The fourth-order valence-corrected chi connectivity index (χ4v) is 1.84. The number of rotatable bonds is 7. The molecule has 1 aromatic rings. The molecule has 0 radical (unpaired) electrons. The number of pyridine rings is 1. The van der Waals surface area contributed by atoms with Gasteiger partial charge in [-0.15, -0.1) is 0 Å². The van der Waals surface area contributed by atoms with Crippen LogP contribution < -0.4 is 15.0 Å². The van der Waals surface area contributed by atoms with Gasteiger partial charge in [-0.3, -0.25) is 0 Å². The lowest BCUT2D eigenvalue weighted by molar-refractivity contribution is 0.416. The summed E-state index contributed by atoms with van der Waals surface area (Å²) >= 11 is 0. The predicted octanol–water partition coefficient (Wildman–Crippen LogP) is 2.76. The summed E-state index contributed by atoms with van der Waals surface area (Å²) in [4.78, 5) is 6.77. The molecule has 0 unspecified atom stereocenters. The van der Waals surface area contributed by atoms with Gasteiger partial charge in [0.05, 0.1) is 19.0 Å². The lowest BCUT2D eigenvalue weighted by Crippen LogP contribution is -2.25. The van der Waals surface area contributed by atoms with Crippen LogP contribution in [0, 0.1) is 0 Å². The van der Waals surface area contributed by atoms with Gasteiger partial charge >= 0.3 is 0 Å². The standard InChI is InChI=1S/C13H23N3O/c1-5-7-16(8-6-2)13-9-12(17-4)11(14-3)10-15-13/h9-10,14H,5-8H2,1-4H3. The van der Waals surface area contributed by atoms with Crippen LogP contribution in [-0.2, 0) is 0 Å². The monoisotopic (exact) mass is 237 g/mol. The van der Waals surface area contributed by atoms with Crippen molar-refractivity contribution >= 4 is 11.5 Å². The van der Waals surface area contributed by atoms with Crippen LogP contribution in [0.1, 0.15) is 26.7 Å². The Morgan fingerprint density at radius 3 is 2.41 bits per heavy atom. The van der Waals surface area contributed by atoms with Gasteiger partial charge < -0.3 is 15.0 Å². The molecular formula is C13H23N3O. The van der Waals surface area contributed by atoms with Crippen LogP contribution in [0.5, 0.6) is 5.75 Å². The van der Waals surface area contributed by atoms with Crippen LogP contribution >= 0.6 is 0 Å². The zero-order valence-electron chi connectivity index (χ0n) is 11.3. The molecule has 1 heterocycles. The Hall–Kier alpha value is -1.45. The topological polar surface area (TPSA) is 37.4 Å². The largest absolute Gasteiger partial charge is 0.494 e. The van der Waals surface area contributed by atoms with Gasteiger partial charge in [-0.05, 0) is 12.8 Å². The van der Waals surface area contributed by atoms with Crippen molar-refractivity contribution in [3.05, 3.63) is 12.3 Å². The Balaban J connectivity index is 2.94. The summed E-state index contributed by atoms with van der Waals surface area (Å²) in [6, 6.07) is 2.00. The molecule has 0 aliphatic rings. The SMILES string of the molecule is CCCN(CCC)c1cc(OC)c(NC)cn1. The number of anilines is 2. The van der Waals surface area contributed by atoms with E-state index in [2.05, 4.69) is 29.0 Å². The van der Waals surface area contributed by atoms with Crippen molar-refractivity contribution in [2.24, 2.45) is 0 Å². The van der Waals surface area contributed by atoms with Crippen molar-refractivity contribution in [3.8, 4) is 5.75 Å². The highest BCUT2D eigenvalue weighted by atomic mass is 16.5. The second-order valence-corrected chi connectivity index (χ2v) is 3.98. The summed E-state index contributed by atoms with van der Waals surface area (Å²) in [6.45, 7) is 6.43. The smallest absolute Gasteiger partial charge is 0.147 e. The fourth-order valence-electron chi connectivity index (χ4n) is 1.84. The minimum Gasteiger partial charge on any atom is -0.494 e. The van der Waals surface area contributed by atoms with Gasteiger partial charge in [0.1, 0.15) is 11.6 Å². The molecule has 17 heavy (non-hydrogen) atoms. The highest BCUT2D eigenvalue weighted by Gasteiger charge is 2.09. The Morgan fingerprint density at radius 2 is 1.94 bits per heavy atom. The molecule has 0 spiro atoms. The minimum absolute atomic E-state index is 0.842. The van der Waals surface area contributed by atoms with E-state index >= 15 is 0 Å². The fraction of sp³-hybridized carbons (Fsp3) is 0.615. The number of nitrogens with zero attached hydrogens (tertiary/aromatic N) is 2. The maximum absolute atomic E-state index is 5.35. The second kappa shape index (κ2) is 6.99. The van der Waals surface area contributed by atoms with Crippen molar-refractivity contribution in [2.75, 3.05) is 37.5 Å². The van der Waals surface area contributed by atoms with Crippen molar-refractivity contribution < 1.29 is 4.74 Å². The quantitative estimate of drug-likeness (QED) is 0.791. The number of ether oxygens (including phenoxy) is 1. The third-order valence-electron chi connectivity index (χ3n) is 2.65. The van der Waals surface area contributed by atoms with E-state index in [1.807, 2.05) is 19.3 Å². The second-order valence-electron chi connectivity index (χ2n) is 3.98. The van der Waals surface area contributed by atoms with Gasteiger partial charge in [-0.25, -0.2) is 4.98 Å². The van der Waals surface area contributed by atoms with Crippen LogP contribution in [0.15, 0.2) is 12.3 Å². The summed E-state index contributed by atoms with van der Waals surface area (Å²) in [7, 11) is 3.55. The summed E-state index contributed by atoms with van der Waals surface area (Å²) < 4.78 is 5.35. The molecule has 0 bridgehead atoms. The molecule has 0 saturated heterocycles. The molecule has 0 atom stereocenters. The molecule has 4 heteroatoms. The van der Waals surface area contributed by atoms with Gasteiger partial charge in [0.25, 0.3) is 0 Å². The Bertz CT molecular complexity index is 335. The predicted molar refractivity (Wildman–Crippen MR) is 73.1 cm³/mol. The highest BCUT2D eigenvalue weighted by Crippen LogP contribution is 2.27. The van der Waals surface area contributed by atoms with Gasteiger partial charge in [0.2, 0.25) is 0 Å². The molecule has 0 amide bonds. The third kappa shape index (κ3) is 3.51. The van der Waals surface area contributed by atoms with Crippen LogP contribution in [0.3, 0.4) is 0 Å². The van der Waals surface area contributed by atoms with Crippen molar-refractivity contribution in [2.45, 2.75) is 26.7 Å². The molecule has 0 saturated carbocycles. The first kappa shape index (κ1) is 13.6. The lowest BCUT2D eigenvalue weighted by atomic mass is 10.3. The highest BCUT2D eigenvalue weighted by molar-refractivity contribution is 5.59. The van der Waals surface area contributed by atoms with Crippen molar-refractivity contribution in [3.63, 3.8) is 0 Å². The average Bonchev–Trinajstić information content (AvgIpc) is 2.37. The Labute approximate surface area is 104 Å². The first-order valence-electron chi connectivity index (χ1n) is 6.23. The van der Waals surface area contributed by atoms with E-state index < -0.39 is 0 Å². The molecule has 0 aliphatic carbocycles. The van der Waals surface area contributed by atoms with E-state index in [9.17, 15) is 0 Å². The third-order valence-corrected chi connectivity index (χ3v) is 2.65. The Kier molecular flexibility index (Phi) is 5.60. The molecule has 0 aliphatic heterocycles. The summed E-state index contributed by atoms with van der Waals surface area (Å²) in [5.41, 5.74) is 0.921. The molecule has 0 fully saturated rings. The minimum atomic E-state index is 0.842. The first-order chi connectivity index (χ1) is 8.26. The van der Waals surface area contributed by atoms with Crippen LogP contribution in [-0.4, -0.2) is 32.2 Å². The average molecular weight is 237 g/mol. The van der Waals surface area contributed by atoms with Crippen molar-refractivity contribution in [1.82, 2.24) is 4.98 Å². The van der Waals surface area contributed by atoms with E-state index in [1.54, 1.807) is 7.11 Å². The van der Waals surface area contributed by atoms with E-state index in [0.717, 1.165) is 43.2 Å². The van der Waals surface area contributed by atoms with Crippen LogP contribution in [0.25, 0.3) is 0 Å². The van der Waals surface area contributed by atoms with Gasteiger partial charge in [-0.2, -0.15) is 0 Å². The summed E-state index contributed by atoms with van der Waals surface area (Å²) in [5, 5.41) is 3.07. The zero-order valence-corrected chi connectivity index (χ0v) is 11.3. The lowest BCUT2D eigenvalue weighted by Gasteiger charge is -2.23. The van der Waals surface area contributed by atoms with Crippen LogP contribution in [0.2, 0.25) is 0 Å². The normalized spacial score (nSPS) is 10.1. The van der Waals surface area contributed by atoms with Gasteiger partial charge in [-0.1, -0.05) is 13.8 Å². The number of aromatic nitrogens is 1. The number of methoxy groups -OCH3 is 1. The van der Waals surface area contributed by atoms with Crippen molar-refractivity contribution in [1.29, 1.82) is 0 Å². The zero-order chi connectivity index (χ0) is 12.7. The van der Waals surface area contributed by atoms with Gasteiger partial charge in [0.15, 0.2) is 0 Å². The molecule has 96 valence electrons.